The van der Waals surface area contributed by atoms with Gasteiger partial charge in [-0.25, -0.2) is 0 Å². The average molecular weight is 422 g/mol. The second kappa shape index (κ2) is 9.27. The lowest BCUT2D eigenvalue weighted by atomic mass is 10.1. The van der Waals surface area contributed by atoms with Crippen molar-refractivity contribution in [1.82, 2.24) is 0 Å². The topological polar surface area (TPSA) is 70.6 Å². The lowest BCUT2D eigenvalue weighted by molar-refractivity contribution is 0.101. The second-order valence-electron chi connectivity index (χ2n) is 7.37. The lowest BCUT2D eigenvalue weighted by Gasteiger charge is -2.10. The molecule has 2 N–H and O–H groups in total. The molecule has 0 saturated heterocycles. The van der Waals surface area contributed by atoms with Crippen molar-refractivity contribution in [2.75, 3.05) is 10.6 Å². The molecule has 0 aromatic heterocycles. The van der Waals surface area contributed by atoms with Crippen molar-refractivity contribution >= 4 is 47.2 Å². The van der Waals surface area contributed by atoms with E-state index in [9.17, 15) is 9.59 Å². The normalized spacial score (nSPS) is 11.9. The van der Waals surface area contributed by atoms with Crippen LogP contribution in [0.3, 0.4) is 0 Å². The molecule has 3 aromatic rings. The first kappa shape index (κ1) is 21.0. The van der Waals surface area contributed by atoms with Crippen LogP contribution in [0.25, 0.3) is 12.2 Å². The molecule has 32 heavy (non-hydrogen) atoms. The van der Waals surface area contributed by atoms with Gasteiger partial charge in [-0.15, -0.1) is 0 Å². The number of hydrogen-bond acceptors (Lipinski definition) is 3. The number of nitrogens with zero attached hydrogens (tertiary/aromatic N) is 1. The van der Waals surface area contributed by atoms with Crippen LogP contribution in [-0.2, 0) is 6.42 Å². The van der Waals surface area contributed by atoms with E-state index in [4.69, 9.17) is 0 Å². The Bertz CT molecular complexity index is 1270. The van der Waals surface area contributed by atoms with E-state index in [0.717, 1.165) is 28.8 Å². The van der Waals surface area contributed by atoms with Crippen molar-refractivity contribution in [1.29, 1.82) is 0 Å². The van der Waals surface area contributed by atoms with E-state index in [1.54, 1.807) is 54.8 Å². The van der Waals surface area contributed by atoms with Crippen molar-refractivity contribution < 1.29 is 9.59 Å². The van der Waals surface area contributed by atoms with Gasteiger partial charge in [0.15, 0.2) is 0 Å². The molecule has 0 aliphatic heterocycles. The molecular formula is C27H23N3O2. The third-order valence-corrected chi connectivity index (χ3v) is 5.20. The SMILES string of the molecule is C=Cc1cc(C(=O)Nc2cccc(NC(=O)c3ccc4c(c3)CC=C4)c2)ccc1N=CC. The highest BCUT2D eigenvalue weighted by Gasteiger charge is 2.12. The van der Waals surface area contributed by atoms with Crippen molar-refractivity contribution in [3.05, 3.63) is 101 Å². The minimum atomic E-state index is -0.255. The van der Waals surface area contributed by atoms with E-state index in [-0.39, 0.29) is 11.8 Å². The van der Waals surface area contributed by atoms with E-state index in [1.807, 2.05) is 25.1 Å². The first-order valence-electron chi connectivity index (χ1n) is 10.3. The Balaban J connectivity index is 1.46. The van der Waals surface area contributed by atoms with Gasteiger partial charge in [0.05, 0.1) is 5.69 Å². The summed E-state index contributed by atoms with van der Waals surface area (Å²) in [4.78, 5) is 29.7. The Labute approximate surface area is 187 Å². The van der Waals surface area contributed by atoms with E-state index in [0.29, 0.717) is 22.5 Å². The molecule has 0 atom stereocenters. The molecule has 0 heterocycles. The Kier molecular flexibility index (Phi) is 6.08. The largest absolute Gasteiger partial charge is 0.322 e. The van der Waals surface area contributed by atoms with Crippen molar-refractivity contribution in [2.24, 2.45) is 4.99 Å². The summed E-state index contributed by atoms with van der Waals surface area (Å²) in [5.41, 5.74) is 6.12. The number of fused-ring (bicyclic) bond motifs is 1. The van der Waals surface area contributed by atoms with Crippen molar-refractivity contribution in [2.45, 2.75) is 13.3 Å². The van der Waals surface area contributed by atoms with Crippen LogP contribution >= 0.6 is 0 Å². The molecule has 2 amide bonds. The first-order chi connectivity index (χ1) is 15.6. The maximum absolute atomic E-state index is 12.7. The molecule has 158 valence electrons. The number of benzene rings is 3. The maximum Gasteiger partial charge on any atom is 0.255 e. The fourth-order valence-electron chi connectivity index (χ4n) is 3.60. The predicted molar refractivity (Wildman–Crippen MR) is 132 cm³/mol. The van der Waals surface area contributed by atoms with Crippen LogP contribution in [-0.4, -0.2) is 18.0 Å². The Morgan fingerprint density at radius 2 is 1.62 bits per heavy atom. The fraction of sp³-hybridized carbons (Fsp3) is 0.0741. The predicted octanol–water partition coefficient (Wildman–Crippen LogP) is 6.13. The van der Waals surface area contributed by atoms with Gasteiger partial charge in [-0.3, -0.25) is 14.6 Å². The Morgan fingerprint density at radius 3 is 2.31 bits per heavy atom. The summed E-state index contributed by atoms with van der Waals surface area (Å²) >= 11 is 0. The second-order valence-corrected chi connectivity index (χ2v) is 7.37. The van der Waals surface area contributed by atoms with Crippen LogP contribution in [0.4, 0.5) is 17.1 Å². The van der Waals surface area contributed by atoms with Crippen molar-refractivity contribution in [3.8, 4) is 0 Å². The highest BCUT2D eigenvalue weighted by molar-refractivity contribution is 6.07. The highest BCUT2D eigenvalue weighted by Crippen LogP contribution is 2.24. The maximum atomic E-state index is 12.7. The van der Waals surface area contributed by atoms with E-state index < -0.39 is 0 Å². The van der Waals surface area contributed by atoms with Crippen LogP contribution in [0, 0.1) is 0 Å². The summed E-state index contributed by atoms with van der Waals surface area (Å²) in [6.07, 6.45) is 8.36. The number of aliphatic imine (C=N–C) groups is 1. The van der Waals surface area contributed by atoms with Gasteiger partial charge in [0.25, 0.3) is 11.8 Å². The average Bonchev–Trinajstić information content (AvgIpc) is 3.27. The quantitative estimate of drug-likeness (QED) is 0.470. The van der Waals surface area contributed by atoms with Gasteiger partial charge in [0.1, 0.15) is 0 Å². The number of carbonyl (C=O) groups excluding carboxylic acids is 2. The highest BCUT2D eigenvalue weighted by atomic mass is 16.2. The Morgan fingerprint density at radius 1 is 0.938 bits per heavy atom. The third kappa shape index (κ3) is 4.57. The number of anilines is 2. The molecule has 0 saturated carbocycles. The summed E-state index contributed by atoms with van der Waals surface area (Å²) in [5.74, 6) is -0.444. The lowest BCUT2D eigenvalue weighted by Crippen LogP contribution is -2.14. The monoisotopic (exact) mass is 421 g/mol. The van der Waals surface area contributed by atoms with Crippen LogP contribution in [0.15, 0.2) is 78.3 Å². The molecule has 1 aliphatic rings. The number of nitrogens with one attached hydrogen (secondary N) is 2. The minimum absolute atomic E-state index is 0.189. The van der Waals surface area contributed by atoms with Crippen molar-refractivity contribution in [3.63, 3.8) is 0 Å². The summed E-state index contributed by atoms with van der Waals surface area (Å²) < 4.78 is 0. The zero-order valence-corrected chi connectivity index (χ0v) is 17.8. The molecule has 3 aromatic carbocycles. The molecule has 1 aliphatic carbocycles. The zero-order valence-electron chi connectivity index (χ0n) is 17.8. The van der Waals surface area contributed by atoms with E-state index in [1.165, 1.54) is 0 Å². The number of amides is 2. The molecule has 0 radical (unpaired) electrons. The van der Waals surface area contributed by atoms with Gasteiger partial charge in [0.2, 0.25) is 0 Å². The van der Waals surface area contributed by atoms with Gasteiger partial charge in [-0.05, 0) is 73.0 Å². The standard InChI is InChI=1S/C27H23N3O2/c1-3-18-15-22(13-14-25(18)28-4-2)27(32)30-24-10-6-9-23(17-24)29-26(31)21-12-11-19-7-5-8-20(19)16-21/h3-7,9-17H,1,8H2,2H3,(H,29,31)(H,30,32). The van der Waals surface area contributed by atoms with E-state index in [2.05, 4.69) is 34.4 Å². The molecule has 5 nitrogen and oxygen atoms in total. The summed E-state index contributed by atoms with van der Waals surface area (Å²) in [6.45, 7) is 5.63. The molecule has 4 rings (SSSR count). The van der Waals surface area contributed by atoms with Gasteiger partial charge in [0, 0.05) is 34.3 Å². The number of rotatable bonds is 6. The Hall–Kier alpha value is -4.25. The van der Waals surface area contributed by atoms with Gasteiger partial charge < -0.3 is 10.6 Å². The van der Waals surface area contributed by atoms with Gasteiger partial charge in [-0.1, -0.05) is 36.9 Å². The number of allylic oxidation sites excluding steroid dienone is 1. The number of carbonyl (C=O) groups is 2. The third-order valence-electron chi connectivity index (χ3n) is 5.20. The summed E-state index contributed by atoms with van der Waals surface area (Å²) in [5, 5.41) is 5.78. The smallest absolute Gasteiger partial charge is 0.255 e. The van der Waals surface area contributed by atoms with Gasteiger partial charge in [-0.2, -0.15) is 0 Å². The fourth-order valence-corrected chi connectivity index (χ4v) is 3.60. The van der Waals surface area contributed by atoms with Gasteiger partial charge >= 0.3 is 0 Å². The summed E-state index contributed by atoms with van der Waals surface area (Å²) in [7, 11) is 0. The van der Waals surface area contributed by atoms with Crippen LogP contribution in [0.1, 0.15) is 44.3 Å². The molecular weight excluding hydrogens is 398 g/mol. The van der Waals surface area contributed by atoms with E-state index >= 15 is 0 Å². The zero-order chi connectivity index (χ0) is 22.5. The molecule has 5 heteroatoms. The van der Waals surface area contributed by atoms with Crippen LogP contribution in [0.2, 0.25) is 0 Å². The summed E-state index contributed by atoms with van der Waals surface area (Å²) in [6, 6.07) is 18.0. The molecule has 0 unspecified atom stereocenters. The molecule has 0 bridgehead atoms. The number of hydrogen-bond donors (Lipinski definition) is 2. The molecule has 0 spiro atoms. The van der Waals surface area contributed by atoms with Crippen LogP contribution < -0.4 is 10.6 Å². The minimum Gasteiger partial charge on any atom is -0.322 e. The van der Waals surface area contributed by atoms with Crippen LogP contribution in [0.5, 0.6) is 0 Å². The molecule has 0 fully saturated rings. The first-order valence-corrected chi connectivity index (χ1v) is 10.3.